The van der Waals surface area contributed by atoms with Gasteiger partial charge in [0.05, 0.1) is 12.1 Å². The van der Waals surface area contributed by atoms with Crippen LogP contribution in [-0.4, -0.2) is 60.3 Å². The molecule has 0 bridgehead atoms. The Morgan fingerprint density at radius 3 is 2.23 bits per heavy atom. The maximum Gasteiger partial charge on any atom is 0.317 e. The number of carbonyl (C=O) groups is 1. The molecule has 0 radical (unpaired) electrons. The quantitative estimate of drug-likeness (QED) is 0.811. The molecular weight excluding hydrogens is 278 g/mol. The van der Waals surface area contributed by atoms with E-state index in [0.29, 0.717) is 13.1 Å². The van der Waals surface area contributed by atoms with Crippen LogP contribution in [0.25, 0.3) is 0 Å². The van der Waals surface area contributed by atoms with Gasteiger partial charge in [-0.05, 0) is 40.4 Å². The van der Waals surface area contributed by atoms with Crippen molar-refractivity contribution in [2.45, 2.75) is 39.0 Å². The lowest BCUT2D eigenvalue weighted by Crippen LogP contribution is -2.48. The number of hydrogen-bond acceptors (Lipinski definition) is 3. The van der Waals surface area contributed by atoms with Gasteiger partial charge in [-0.25, -0.2) is 4.79 Å². The molecule has 1 rings (SSSR count). The lowest BCUT2D eigenvalue weighted by atomic mass is 10.1. The molecule has 124 valence electrons. The van der Waals surface area contributed by atoms with Gasteiger partial charge < -0.3 is 20.2 Å². The van der Waals surface area contributed by atoms with E-state index in [1.807, 2.05) is 46.1 Å². The monoisotopic (exact) mass is 307 g/mol. The highest BCUT2D eigenvalue weighted by atomic mass is 16.3. The first-order valence-electron chi connectivity index (χ1n) is 7.76. The highest BCUT2D eigenvalue weighted by Crippen LogP contribution is 2.16. The van der Waals surface area contributed by atoms with E-state index < -0.39 is 6.10 Å². The third-order valence-electron chi connectivity index (χ3n) is 3.60. The van der Waals surface area contributed by atoms with Crippen LogP contribution in [0, 0.1) is 0 Å². The van der Waals surface area contributed by atoms with Crippen molar-refractivity contribution in [1.29, 1.82) is 0 Å². The summed E-state index contributed by atoms with van der Waals surface area (Å²) in [7, 11) is 4.00. The summed E-state index contributed by atoms with van der Waals surface area (Å²) in [5, 5.41) is 12.5. The van der Waals surface area contributed by atoms with Crippen LogP contribution in [0.3, 0.4) is 0 Å². The fraction of sp³-hybridized carbons (Fsp3) is 0.588. The van der Waals surface area contributed by atoms with Crippen LogP contribution in [-0.2, 0) is 0 Å². The number of hydrogen-bond donors (Lipinski definition) is 2. The standard InChI is InChI=1S/C17H29N3O2/c1-13(2)20(12-14(3)21)17(22)18-11-16(19(4)5)15-9-7-6-8-10-15/h6-10,13-14,16,21H,11-12H2,1-5H3,(H,18,22). The van der Waals surface area contributed by atoms with E-state index in [4.69, 9.17) is 0 Å². The highest BCUT2D eigenvalue weighted by Gasteiger charge is 2.21. The van der Waals surface area contributed by atoms with Gasteiger partial charge in [0, 0.05) is 19.1 Å². The number of amides is 2. The normalized spacial score (nSPS) is 14.0. The van der Waals surface area contributed by atoms with Crippen molar-refractivity contribution in [3.05, 3.63) is 35.9 Å². The summed E-state index contributed by atoms with van der Waals surface area (Å²) in [4.78, 5) is 16.1. The summed E-state index contributed by atoms with van der Waals surface area (Å²) in [6.07, 6.45) is -0.535. The molecule has 2 N–H and O–H groups in total. The Balaban J connectivity index is 2.70. The third kappa shape index (κ3) is 5.66. The first-order valence-corrected chi connectivity index (χ1v) is 7.76. The molecular formula is C17H29N3O2. The van der Waals surface area contributed by atoms with Crippen molar-refractivity contribution in [3.8, 4) is 0 Å². The molecule has 0 aromatic heterocycles. The lowest BCUT2D eigenvalue weighted by Gasteiger charge is -2.30. The zero-order valence-electron chi connectivity index (χ0n) is 14.3. The average molecular weight is 307 g/mol. The van der Waals surface area contributed by atoms with Crippen LogP contribution in [0.2, 0.25) is 0 Å². The molecule has 0 heterocycles. The Bertz CT molecular complexity index is 446. The molecule has 1 aromatic rings. The van der Waals surface area contributed by atoms with Crippen molar-refractivity contribution in [1.82, 2.24) is 15.1 Å². The summed E-state index contributed by atoms with van der Waals surface area (Å²) < 4.78 is 0. The number of urea groups is 1. The van der Waals surface area contributed by atoms with Gasteiger partial charge in [-0.15, -0.1) is 0 Å². The molecule has 0 spiro atoms. The molecule has 2 amide bonds. The minimum absolute atomic E-state index is 0.0455. The van der Waals surface area contributed by atoms with E-state index in [1.165, 1.54) is 5.56 Å². The van der Waals surface area contributed by atoms with E-state index in [0.717, 1.165) is 0 Å². The molecule has 0 saturated heterocycles. The molecule has 0 aliphatic heterocycles. The van der Waals surface area contributed by atoms with E-state index in [9.17, 15) is 9.90 Å². The van der Waals surface area contributed by atoms with Crippen molar-refractivity contribution in [2.75, 3.05) is 27.2 Å². The fourth-order valence-electron chi connectivity index (χ4n) is 2.37. The molecule has 2 atom stereocenters. The predicted octanol–water partition coefficient (Wildman–Crippen LogP) is 2.09. The third-order valence-corrected chi connectivity index (χ3v) is 3.60. The number of carbonyl (C=O) groups excluding carboxylic acids is 1. The smallest absolute Gasteiger partial charge is 0.317 e. The second-order valence-electron chi connectivity index (χ2n) is 6.17. The van der Waals surface area contributed by atoms with E-state index in [1.54, 1.807) is 11.8 Å². The van der Waals surface area contributed by atoms with Crippen LogP contribution >= 0.6 is 0 Å². The topological polar surface area (TPSA) is 55.8 Å². The molecule has 0 fully saturated rings. The van der Waals surface area contributed by atoms with Gasteiger partial charge in [-0.3, -0.25) is 0 Å². The number of likely N-dealkylation sites (N-methyl/N-ethyl adjacent to an activating group) is 1. The van der Waals surface area contributed by atoms with Crippen LogP contribution in [0.15, 0.2) is 30.3 Å². The van der Waals surface area contributed by atoms with Gasteiger partial charge in [-0.1, -0.05) is 30.3 Å². The summed E-state index contributed by atoms with van der Waals surface area (Å²) in [5.41, 5.74) is 1.17. The first-order chi connectivity index (χ1) is 10.3. The number of nitrogens with zero attached hydrogens (tertiary/aromatic N) is 2. The second kappa shape index (κ2) is 8.76. The molecule has 0 aliphatic rings. The van der Waals surface area contributed by atoms with Gasteiger partial charge in [-0.2, -0.15) is 0 Å². The van der Waals surface area contributed by atoms with Crippen LogP contribution in [0.1, 0.15) is 32.4 Å². The Hall–Kier alpha value is -1.59. The molecule has 5 nitrogen and oxygen atoms in total. The van der Waals surface area contributed by atoms with Crippen LogP contribution < -0.4 is 5.32 Å². The molecule has 0 aliphatic carbocycles. The summed E-state index contributed by atoms with van der Waals surface area (Å²) in [5.74, 6) is 0. The van der Waals surface area contributed by atoms with E-state index >= 15 is 0 Å². The van der Waals surface area contributed by atoms with Crippen molar-refractivity contribution in [2.24, 2.45) is 0 Å². The zero-order valence-corrected chi connectivity index (χ0v) is 14.3. The number of aliphatic hydroxyl groups excluding tert-OH is 1. The Morgan fingerprint density at radius 1 is 1.18 bits per heavy atom. The number of rotatable bonds is 7. The number of aliphatic hydroxyl groups is 1. The Morgan fingerprint density at radius 2 is 1.77 bits per heavy atom. The Kier molecular flexibility index (Phi) is 7.35. The second-order valence-corrected chi connectivity index (χ2v) is 6.17. The zero-order chi connectivity index (χ0) is 16.7. The summed E-state index contributed by atoms with van der Waals surface area (Å²) >= 11 is 0. The number of nitrogens with one attached hydrogen (secondary N) is 1. The van der Waals surface area contributed by atoms with E-state index in [-0.39, 0.29) is 18.1 Å². The maximum absolute atomic E-state index is 12.4. The maximum atomic E-state index is 12.4. The summed E-state index contributed by atoms with van der Waals surface area (Å²) in [6, 6.07) is 10.1. The van der Waals surface area contributed by atoms with Crippen LogP contribution in [0.5, 0.6) is 0 Å². The van der Waals surface area contributed by atoms with Gasteiger partial charge in [0.15, 0.2) is 0 Å². The minimum atomic E-state index is -0.535. The molecule has 22 heavy (non-hydrogen) atoms. The Labute approximate surface area is 133 Å². The minimum Gasteiger partial charge on any atom is -0.392 e. The largest absolute Gasteiger partial charge is 0.392 e. The molecule has 2 unspecified atom stereocenters. The molecule has 1 aromatic carbocycles. The molecule has 5 heteroatoms. The van der Waals surface area contributed by atoms with Crippen molar-refractivity contribution >= 4 is 6.03 Å². The van der Waals surface area contributed by atoms with Crippen molar-refractivity contribution < 1.29 is 9.90 Å². The highest BCUT2D eigenvalue weighted by molar-refractivity contribution is 5.74. The predicted molar refractivity (Wildman–Crippen MR) is 89.8 cm³/mol. The van der Waals surface area contributed by atoms with Gasteiger partial charge in [0.1, 0.15) is 0 Å². The number of benzene rings is 1. The van der Waals surface area contributed by atoms with E-state index in [2.05, 4.69) is 22.3 Å². The van der Waals surface area contributed by atoms with Gasteiger partial charge in [0.2, 0.25) is 0 Å². The molecule has 0 saturated carbocycles. The van der Waals surface area contributed by atoms with Gasteiger partial charge >= 0.3 is 6.03 Å². The fourth-order valence-corrected chi connectivity index (χ4v) is 2.37. The SMILES string of the molecule is CC(O)CN(C(=O)NCC(c1ccccc1)N(C)C)C(C)C. The lowest BCUT2D eigenvalue weighted by molar-refractivity contribution is 0.117. The first kappa shape index (κ1) is 18.5. The summed E-state index contributed by atoms with van der Waals surface area (Å²) in [6.45, 7) is 6.45. The average Bonchev–Trinajstić information content (AvgIpc) is 2.45. The van der Waals surface area contributed by atoms with Crippen molar-refractivity contribution in [3.63, 3.8) is 0 Å². The van der Waals surface area contributed by atoms with Gasteiger partial charge in [0.25, 0.3) is 0 Å². The van der Waals surface area contributed by atoms with Crippen LogP contribution in [0.4, 0.5) is 4.79 Å².